The van der Waals surface area contributed by atoms with Crippen molar-refractivity contribution in [3.63, 3.8) is 0 Å². The van der Waals surface area contributed by atoms with Crippen molar-refractivity contribution in [3.05, 3.63) is 89.8 Å². The van der Waals surface area contributed by atoms with Gasteiger partial charge in [0.15, 0.2) is 5.78 Å². The van der Waals surface area contributed by atoms with E-state index in [1.54, 1.807) is 36.3 Å². The van der Waals surface area contributed by atoms with E-state index in [9.17, 15) is 4.79 Å². The number of carbonyl (C=O) groups excluding carboxylic acids is 1. The average molecular weight is 318 g/mol. The molecule has 3 rings (SSSR count). The van der Waals surface area contributed by atoms with Crippen molar-refractivity contribution in [2.24, 2.45) is 7.05 Å². The van der Waals surface area contributed by atoms with Crippen LogP contribution in [0.25, 0.3) is 6.08 Å². The van der Waals surface area contributed by atoms with Crippen molar-refractivity contribution in [2.45, 2.75) is 6.61 Å². The van der Waals surface area contributed by atoms with Gasteiger partial charge in [0.2, 0.25) is 0 Å². The van der Waals surface area contributed by atoms with Crippen molar-refractivity contribution in [3.8, 4) is 5.75 Å². The Kier molecular flexibility index (Phi) is 4.87. The van der Waals surface area contributed by atoms with Crippen LogP contribution < -0.4 is 4.74 Å². The number of allylic oxidation sites excluding steroid dienone is 1. The monoisotopic (exact) mass is 318 g/mol. The van der Waals surface area contributed by atoms with Gasteiger partial charge in [-0.15, -0.1) is 0 Å². The summed E-state index contributed by atoms with van der Waals surface area (Å²) in [6.07, 6.45) is 6.60. The van der Waals surface area contributed by atoms with Crippen LogP contribution in [0.4, 0.5) is 0 Å². The maximum atomic E-state index is 12.0. The Hall–Kier alpha value is -3.14. The fraction of sp³-hybridized carbons (Fsp3) is 0.100. The highest BCUT2D eigenvalue weighted by Gasteiger charge is 2.03. The Balaban J connectivity index is 1.58. The highest BCUT2D eigenvalue weighted by molar-refractivity contribution is 6.06. The molecule has 3 aromatic rings. The lowest BCUT2D eigenvalue weighted by Crippen LogP contribution is -1.94. The summed E-state index contributed by atoms with van der Waals surface area (Å²) in [6, 6.07) is 17.7. The molecule has 0 spiro atoms. The van der Waals surface area contributed by atoms with Crippen molar-refractivity contribution in [1.82, 2.24) is 9.78 Å². The highest BCUT2D eigenvalue weighted by Crippen LogP contribution is 2.15. The largest absolute Gasteiger partial charge is 0.489 e. The molecule has 0 aliphatic heterocycles. The number of rotatable bonds is 6. The van der Waals surface area contributed by atoms with Crippen LogP contribution in [0.15, 0.2) is 73.1 Å². The maximum absolute atomic E-state index is 12.0. The molecule has 120 valence electrons. The van der Waals surface area contributed by atoms with Gasteiger partial charge in [-0.3, -0.25) is 9.48 Å². The number of hydrogen-bond acceptors (Lipinski definition) is 3. The maximum Gasteiger partial charge on any atom is 0.189 e. The fourth-order valence-electron chi connectivity index (χ4n) is 2.23. The van der Waals surface area contributed by atoms with Crippen LogP contribution in [0.5, 0.6) is 5.75 Å². The molecule has 0 aliphatic rings. The molecule has 0 radical (unpaired) electrons. The summed E-state index contributed by atoms with van der Waals surface area (Å²) in [5, 5.41) is 4.00. The molecule has 0 amide bonds. The minimum Gasteiger partial charge on any atom is -0.489 e. The molecule has 0 bridgehead atoms. The predicted octanol–water partition coefficient (Wildman–Crippen LogP) is 3.90. The highest BCUT2D eigenvalue weighted by atomic mass is 16.5. The number of nitrogens with zero attached hydrogens (tertiary/aromatic N) is 2. The molecule has 4 nitrogen and oxygen atoms in total. The second-order valence-corrected chi connectivity index (χ2v) is 5.44. The van der Waals surface area contributed by atoms with Crippen LogP contribution in [0.3, 0.4) is 0 Å². The summed E-state index contributed by atoms with van der Waals surface area (Å²) in [5.41, 5.74) is 2.65. The average Bonchev–Trinajstić information content (AvgIpc) is 3.06. The lowest BCUT2D eigenvalue weighted by molar-refractivity contribution is 0.104. The fourth-order valence-corrected chi connectivity index (χ4v) is 2.23. The van der Waals surface area contributed by atoms with Gasteiger partial charge in [0.1, 0.15) is 12.4 Å². The molecule has 0 saturated carbocycles. The van der Waals surface area contributed by atoms with E-state index in [0.29, 0.717) is 12.2 Å². The Morgan fingerprint density at radius 3 is 2.54 bits per heavy atom. The predicted molar refractivity (Wildman–Crippen MR) is 93.8 cm³/mol. The normalized spacial score (nSPS) is 10.9. The summed E-state index contributed by atoms with van der Waals surface area (Å²) in [6.45, 7) is 0.537. The lowest BCUT2D eigenvalue weighted by Gasteiger charge is -2.06. The van der Waals surface area contributed by atoms with Gasteiger partial charge < -0.3 is 4.74 Å². The van der Waals surface area contributed by atoms with Crippen molar-refractivity contribution in [2.75, 3.05) is 0 Å². The minimum atomic E-state index is -0.0625. The number of ether oxygens (including phenoxy) is 1. The second kappa shape index (κ2) is 7.42. The summed E-state index contributed by atoms with van der Waals surface area (Å²) in [5.74, 6) is 0.738. The number of carbonyl (C=O) groups is 1. The minimum absolute atomic E-state index is 0.0625. The van der Waals surface area contributed by atoms with Gasteiger partial charge in [-0.25, -0.2) is 0 Å². The molecule has 0 atom stereocenters. The topological polar surface area (TPSA) is 44.1 Å². The zero-order valence-electron chi connectivity index (χ0n) is 13.4. The molecule has 0 unspecified atom stereocenters. The first-order valence-corrected chi connectivity index (χ1v) is 7.68. The smallest absolute Gasteiger partial charge is 0.189 e. The first kappa shape index (κ1) is 15.7. The van der Waals surface area contributed by atoms with E-state index in [4.69, 9.17) is 4.74 Å². The quantitative estimate of drug-likeness (QED) is 0.511. The van der Waals surface area contributed by atoms with Crippen molar-refractivity contribution in [1.29, 1.82) is 0 Å². The first-order chi connectivity index (χ1) is 11.7. The van der Waals surface area contributed by atoms with Crippen LogP contribution in [0.1, 0.15) is 21.5 Å². The molecule has 0 N–H and O–H groups in total. The van der Waals surface area contributed by atoms with E-state index in [0.717, 1.165) is 16.9 Å². The van der Waals surface area contributed by atoms with Crippen LogP contribution in [0, 0.1) is 0 Å². The molecule has 0 aliphatic carbocycles. The van der Waals surface area contributed by atoms with Crippen molar-refractivity contribution >= 4 is 11.9 Å². The van der Waals surface area contributed by atoms with E-state index < -0.39 is 0 Å². The number of aromatic nitrogens is 2. The Labute approximate surface area is 141 Å². The Bertz CT molecular complexity index is 834. The van der Waals surface area contributed by atoms with Crippen LogP contribution in [-0.2, 0) is 13.7 Å². The number of benzene rings is 2. The van der Waals surface area contributed by atoms with Gasteiger partial charge in [0.25, 0.3) is 0 Å². The van der Waals surface area contributed by atoms with E-state index in [-0.39, 0.29) is 5.78 Å². The van der Waals surface area contributed by atoms with Crippen LogP contribution >= 0.6 is 0 Å². The molecule has 4 heteroatoms. The standard InChI is InChI=1S/C20H18N2O2/c1-22-14-18(13-21-22)20(23)12-9-16-7-10-19(11-8-16)24-15-17-5-3-2-4-6-17/h2-14H,15H2,1H3/b12-9+. The van der Waals surface area contributed by atoms with Crippen LogP contribution in [-0.4, -0.2) is 15.6 Å². The first-order valence-electron chi connectivity index (χ1n) is 7.68. The molecular weight excluding hydrogens is 300 g/mol. The molecule has 1 aromatic heterocycles. The van der Waals surface area contributed by atoms with Crippen LogP contribution in [0.2, 0.25) is 0 Å². The third kappa shape index (κ3) is 4.20. The number of aryl methyl sites for hydroxylation is 1. The summed E-state index contributed by atoms with van der Waals surface area (Å²) < 4.78 is 7.35. The van der Waals surface area contributed by atoms with Gasteiger partial charge >= 0.3 is 0 Å². The molecule has 1 heterocycles. The summed E-state index contributed by atoms with van der Waals surface area (Å²) in [4.78, 5) is 12.0. The molecule has 2 aromatic carbocycles. The van der Waals surface area contributed by atoms with Gasteiger partial charge in [-0.1, -0.05) is 48.5 Å². The van der Waals surface area contributed by atoms with Gasteiger partial charge in [-0.2, -0.15) is 5.10 Å². The summed E-state index contributed by atoms with van der Waals surface area (Å²) in [7, 11) is 1.79. The molecule has 0 saturated heterocycles. The van der Waals surface area contributed by atoms with Gasteiger partial charge in [0, 0.05) is 13.2 Å². The number of ketones is 1. The summed E-state index contributed by atoms with van der Waals surface area (Å²) >= 11 is 0. The third-order valence-corrected chi connectivity index (χ3v) is 3.54. The van der Waals surface area contributed by atoms with E-state index in [2.05, 4.69) is 5.10 Å². The van der Waals surface area contributed by atoms with E-state index in [1.165, 1.54) is 0 Å². The zero-order valence-corrected chi connectivity index (χ0v) is 13.4. The molecule has 24 heavy (non-hydrogen) atoms. The van der Waals surface area contributed by atoms with E-state index in [1.807, 2.05) is 54.6 Å². The Morgan fingerprint density at radius 1 is 1.12 bits per heavy atom. The second-order valence-electron chi connectivity index (χ2n) is 5.44. The molecule has 0 fully saturated rings. The molecular formula is C20H18N2O2. The lowest BCUT2D eigenvalue weighted by atomic mass is 10.1. The SMILES string of the molecule is Cn1cc(C(=O)/C=C/c2ccc(OCc3ccccc3)cc2)cn1. The van der Waals surface area contributed by atoms with Gasteiger partial charge in [0.05, 0.1) is 11.8 Å². The zero-order chi connectivity index (χ0) is 16.8. The van der Waals surface area contributed by atoms with Crippen molar-refractivity contribution < 1.29 is 9.53 Å². The van der Waals surface area contributed by atoms with E-state index >= 15 is 0 Å². The number of hydrogen-bond donors (Lipinski definition) is 0. The Morgan fingerprint density at radius 2 is 1.88 bits per heavy atom. The van der Waals surface area contributed by atoms with Gasteiger partial charge in [-0.05, 0) is 29.3 Å². The third-order valence-electron chi connectivity index (χ3n) is 3.54.